The molecule has 0 atom stereocenters. The van der Waals surface area contributed by atoms with Crippen LogP contribution in [-0.2, 0) is 32.5 Å². The number of rotatable bonds is 6. The lowest BCUT2D eigenvalue weighted by atomic mass is 10.0. The van der Waals surface area contributed by atoms with Crippen LogP contribution in [0.25, 0.3) is 0 Å². The van der Waals surface area contributed by atoms with E-state index in [4.69, 9.17) is 4.74 Å². The third kappa shape index (κ3) is 4.89. The lowest BCUT2D eigenvalue weighted by molar-refractivity contribution is -0.119. The number of ether oxygens (including phenoxy) is 1. The van der Waals surface area contributed by atoms with Crippen molar-refractivity contribution in [3.05, 3.63) is 59.4 Å². The number of fused-ring (bicyclic) bond motifs is 1. The molecule has 0 saturated carbocycles. The maximum atomic E-state index is 14.3. The van der Waals surface area contributed by atoms with Crippen molar-refractivity contribution in [2.45, 2.75) is 24.3 Å². The van der Waals surface area contributed by atoms with Gasteiger partial charge in [-0.1, -0.05) is 24.3 Å². The lowest BCUT2D eigenvalue weighted by Crippen LogP contribution is -2.40. The number of hydrogen-bond donors (Lipinski definition) is 1. The Morgan fingerprint density at radius 2 is 1.81 bits per heavy atom. The predicted octanol–water partition coefficient (Wildman–Crippen LogP) is 1.92. The average molecular weight is 448 g/mol. The summed E-state index contributed by atoms with van der Waals surface area (Å²) in [5.74, 6) is -0.511. The molecule has 1 N–H and O–H groups in total. The summed E-state index contributed by atoms with van der Waals surface area (Å²) in [6.07, 6.45) is 1.69. The van der Waals surface area contributed by atoms with Gasteiger partial charge in [-0.05, 0) is 42.2 Å². The molecule has 1 fully saturated rings. The minimum Gasteiger partial charge on any atom is -0.379 e. The fourth-order valence-corrected chi connectivity index (χ4v) is 5.40. The second-order valence-corrected chi connectivity index (χ2v) is 9.65. The molecule has 4 rings (SSSR count). The van der Waals surface area contributed by atoms with Gasteiger partial charge in [-0.3, -0.25) is 4.79 Å². The van der Waals surface area contributed by atoms with Crippen LogP contribution in [0, 0.1) is 5.82 Å². The predicted molar refractivity (Wildman–Crippen MR) is 115 cm³/mol. The van der Waals surface area contributed by atoms with Crippen LogP contribution in [0.5, 0.6) is 0 Å². The van der Waals surface area contributed by atoms with Crippen LogP contribution in [-0.4, -0.2) is 58.0 Å². The third-order valence-electron chi connectivity index (χ3n) is 5.62. The van der Waals surface area contributed by atoms with Crippen molar-refractivity contribution in [2.75, 3.05) is 44.3 Å². The van der Waals surface area contributed by atoms with Crippen LogP contribution in [0.15, 0.2) is 47.4 Å². The number of anilines is 1. The molecule has 7 nitrogen and oxygen atoms in total. The summed E-state index contributed by atoms with van der Waals surface area (Å²) in [5.41, 5.74) is 2.23. The van der Waals surface area contributed by atoms with Gasteiger partial charge in [0.05, 0.1) is 30.3 Å². The van der Waals surface area contributed by atoms with Gasteiger partial charge < -0.3 is 15.0 Å². The van der Waals surface area contributed by atoms with E-state index in [9.17, 15) is 17.6 Å². The van der Waals surface area contributed by atoms with Gasteiger partial charge in [0.15, 0.2) is 0 Å². The van der Waals surface area contributed by atoms with E-state index in [0.717, 1.165) is 24.0 Å². The Kier molecular flexibility index (Phi) is 6.54. The summed E-state index contributed by atoms with van der Waals surface area (Å²) >= 11 is 0. The Labute approximate surface area is 181 Å². The van der Waals surface area contributed by atoms with Crippen LogP contribution < -0.4 is 10.2 Å². The zero-order valence-corrected chi connectivity index (χ0v) is 18.0. The van der Waals surface area contributed by atoms with Gasteiger partial charge in [-0.15, -0.1) is 0 Å². The van der Waals surface area contributed by atoms with Crippen LogP contribution in [0.4, 0.5) is 10.1 Å². The van der Waals surface area contributed by atoms with Crippen LogP contribution >= 0.6 is 0 Å². The molecule has 1 amide bonds. The minimum atomic E-state index is -3.54. The Balaban J connectivity index is 1.34. The molecule has 2 aromatic carbocycles. The van der Waals surface area contributed by atoms with E-state index in [1.807, 2.05) is 6.07 Å². The normalized spacial score (nSPS) is 17.3. The van der Waals surface area contributed by atoms with E-state index >= 15 is 0 Å². The zero-order valence-electron chi connectivity index (χ0n) is 17.2. The van der Waals surface area contributed by atoms with Crippen molar-refractivity contribution in [2.24, 2.45) is 0 Å². The number of nitrogens with zero attached hydrogens (tertiary/aromatic N) is 2. The molecule has 1 saturated heterocycles. The van der Waals surface area contributed by atoms with Gasteiger partial charge in [0.25, 0.3) is 0 Å². The van der Waals surface area contributed by atoms with E-state index < -0.39 is 10.0 Å². The number of para-hydroxylation sites is 1. The number of carbonyl (C=O) groups excluding carboxylic acids is 1. The Bertz CT molecular complexity index is 1040. The number of hydrogen-bond acceptors (Lipinski definition) is 5. The van der Waals surface area contributed by atoms with Gasteiger partial charge in [-0.2, -0.15) is 4.31 Å². The van der Waals surface area contributed by atoms with Crippen molar-refractivity contribution in [1.29, 1.82) is 0 Å². The van der Waals surface area contributed by atoms with Crippen molar-refractivity contribution >= 4 is 21.6 Å². The van der Waals surface area contributed by atoms with Gasteiger partial charge in [0.2, 0.25) is 15.9 Å². The highest BCUT2D eigenvalue weighted by Crippen LogP contribution is 2.29. The fourth-order valence-electron chi connectivity index (χ4n) is 3.99. The lowest BCUT2D eigenvalue weighted by Gasteiger charge is -2.31. The molecule has 166 valence electrons. The summed E-state index contributed by atoms with van der Waals surface area (Å²) in [5, 5.41) is 2.84. The summed E-state index contributed by atoms with van der Waals surface area (Å²) < 4.78 is 46.2. The van der Waals surface area contributed by atoms with Crippen molar-refractivity contribution in [3.63, 3.8) is 0 Å². The molecule has 9 heteroatoms. The highest BCUT2D eigenvalue weighted by atomic mass is 32.2. The number of carbonyl (C=O) groups is 1. The molecule has 0 aliphatic carbocycles. The maximum Gasteiger partial charge on any atom is 0.243 e. The monoisotopic (exact) mass is 447 g/mol. The van der Waals surface area contributed by atoms with Gasteiger partial charge in [-0.25, -0.2) is 12.8 Å². The second kappa shape index (κ2) is 9.33. The molecule has 0 bridgehead atoms. The highest BCUT2D eigenvalue weighted by Gasteiger charge is 2.26. The Hall–Kier alpha value is -2.49. The van der Waals surface area contributed by atoms with Crippen molar-refractivity contribution in [1.82, 2.24) is 9.62 Å². The van der Waals surface area contributed by atoms with E-state index in [0.29, 0.717) is 38.5 Å². The summed E-state index contributed by atoms with van der Waals surface area (Å²) in [6.45, 7) is 2.48. The first-order chi connectivity index (χ1) is 14.9. The Morgan fingerprint density at radius 3 is 2.55 bits per heavy atom. The van der Waals surface area contributed by atoms with Crippen molar-refractivity contribution in [3.8, 4) is 0 Å². The molecule has 0 spiro atoms. The first-order valence-electron chi connectivity index (χ1n) is 10.4. The maximum absolute atomic E-state index is 14.3. The smallest absolute Gasteiger partial charge is 0.243 e. The Morgan fingerprint density at radius 1 is 1.06 bits per heavy atom. The fraction of sp³-hybridized carbons (Fsp3) is 0.409. The molecule has 0 aromatic heterocycles. The summed E-state index contributed by atoms with van der Waals surface area (Å²) in [4.78, 5) is 14.5. The van der Waals surface area contributed by atoms with Crippen LogP contribution in [0.1, 0.15) is 17.5 Å². The molecule has 2 heterocycles. The number of aryl methyl sites for hydroxylation is 1. The number of morpholine rings is 1. The number of nitrogens with one attached hydrogen (secondary N) is 1. The van der Waals surface area contributed by atoms with Crippen molar-refractivity contribution < 1.29 is 22.3 Å². The number of amides is 1. The van der Waals surface area contributed by atoms with E-state index in [-0.39, 0.29) is 29.7 Å². The van der Waals surface area contributed by atoms with E-state index in [2.05, 4.69) is 5.32 Å². The topological polar surface area (TPSA) is 79.0 Å². The largest absolute Gasteiger partial charge is 0.379 e. The molecule has 0 radical (unpaired) electrons. The number of benzene rings is 2. The summed E-state index contributed by atoms with van der Waals surface area (Å²) in [7, 11) is -3.54. The number of halogens is 1. The SMILES string of the molecule is O=C(CN1CCCc2cccc(F)c21)NCc1ccc(S(=O)(=O)N2CCOCC2)cc1. The van der Waals surface area contributed by atoms with Crippen LogP contribution in [0.2, 0.25) is 0 Å². The summed E-state index contributed by atoms with van der Waals surface area (Å²) in [6, 6.07) is 11.5. The molecular weight excluding hydrogens is 421 g/mol. The molecule has 2 aliphatic heterocycles. The van der Waals surface area contributed by atoms with E-state index in [1.165, 1.54) is 10.4 Å². The van der Waals surface area contributed by atoms with Gasteiger partial charge >= 0.3 is 0 Å². The molecule has 2 aliphatic rings. The molecule has 0 unspecified atom stereocenters. The first kappa shape index (κ1) is 21.7. The van der Waals surface area contributed by atoms with E-state index in [1.54, 1.807) is 35.2 Å². The number of sulfonamides is 1. The standard InChI is InChI=1S/C22H26FN3O4S/c23-20-5-1-3-18-4-2-10-25(22(18)20)16-21(27)24-15-17-6-8-19(9-7-17)31(28,29)26-11-13-30-14-12-26/h1,3,5-9H,2,4,10-16H2,(H,24,27). The quantitative estimate of drug-likeness (QED) is 0.732. The zero-order chi connectivity index (χ0) is 21.8. The molecular formula is C22H26FN3O4S. The minimum absolute atomic E-state index is 0.0808. The third-order valence-corrected chi connectivity index (χ3v) is 7.53. The highest BCUT2D eigenvalue weighted by molar-refractivity contribution is 7.89. The average Bonchev–Trinajstić information content (AvgIpc) is 2.79. The van der Waals surface area contributed by atoms with Gasteiger partial charge in [0, 0.05) is 26.2 Å². The molecule has 2 aromatic rings. The van der Waals surface area contributed by atoms with Gasteiger partial charge in [0.1, 0.15) is 5.82 Å². The first-order valence-corrected chi connectivity index (χ1v) is 11.8. The molecule has 31 heavy (non-hydrogen) atoms. The van der Waals surface area contributed by atoms with Crippen LogP contribution in [0.3, 0.4) is 0 Å². The second-order valence-electron chi connectivity index (χ2n) is 7.71.